The van der Waals surface area contributed by atoms with Crippen molar-refractivity contribution in [1.29, 1.82) is 0 Å². The standard InChI is InChI=1S/C14H19F2NO/c1-14(2,3)13(17)8-9(18)7-10-11(15)5-4-6-12(10)16/h4-6,13H,7-8,17H2,1-3H3. The van der Waals surface area contributed by atoms with Crippen LogP contribution in [0.3, 0.4) is 0 Å². The Hall–Kier alpha value is -1.29. The Morgan fingerprint density at radius 3 is 2.22 bits per heavy atom. The SMILES string of the molecule is CC(C)(C)C(N)CC(=O)Cc1c(F)cccc1F. The summed E-state index contributed by atoms with van der Waals surface area (Å²) in [7, 11) is 0. The first-order chi connectivity index (χ1) is 8.21. The van der Waals surface area contributed by atoms with Crippen molar-refractivity contribution in [2.24, 2.45) is 11.1 Å². The molecule has 0 amide bonds. The molecule has 0 aromatic heterocycles. The van der Waals surface area contributed by atoms with E-state index in [9.17, 15) is 13.6 Å². The van der Waals surface area contributed by atoms with Crippen molar-refractivity contribution in [3.63, 3.8) is 0 Å². The molecular weight excluding hydrogens is 236 g/mol. The Kier molecular flexibility index (Phi) is 4.57. The van der Waals surface area contributed by atoms with Gasteiger partial charge in [0.15, 0.2) is 0 Å². The fourth-order valence-electron chi connectivity index (χ4n) is 1.52. The van der Waals surface area contributed by atoms with Crippen LogP contribution in [0, 0.1) is 17.0 Å². The molecule has 0 aliphatic carbocycles. The molecule has 18 heavy (non-hydrogen) atoms. The summed E-state index contributed by atoms with van der Waals surface area (Å²) in [4.78, 5) is 11.8. The first kappa shape index (κ1) is 14.8. The number of ketones is 1. The highest BCUT2D eigenvalue weighted by molar-refractivity contribution is 5.81. The van der Waals surface area contributed by atoms with Crippen molar-refractivity contribution in [1.82, 2.24) is 0 Å². The van der Waals surface area contributed by atoms with E-state index in [4.69, 9.17) is 5.73 Å². The van der Waals surface area contributed by atoms with Crippen molar-refractivity contribution in [3.8, 4) is 0 Å². The molecule has 0 bridgehead atoms. The van der Waals surface area contributed by atoms with Crippen molar-refractivity contribution in [3.05, 3.63) is 35.4 Å². The highest BCUT2D eigenvalue weighted by atomic mass is 19.1. The van der Waals surface area contributed by atoms with Gasteiger partial charge in [-0.3, -0.25) is 4.79 Å². The Morgan fingerprint density at radius 1 is 1.28 bits per heavy atom. The number of benzene rings is 1. The van der Waals surface area contributed by atoms with E-state index in [1.807, 2.05) is 20.8 Å². The third-order valence-corrected chi connectivity index (χ3v) is 3.00. The monoisotopic (exact) mass is 255 g/mol. The molecule has 1 aromatic rings. The second-order valence-corrected chi connectivity index (χ2v) is 5.59. The molecule has 0 radical (unpaired) electrons. The molecule has 2 nitrogen and oxygen atoms in total. The maximum Gasteiger partial charge on any atom is 0.139 e. The molecule has 0 aliphatic heterocycles. The number of Topliss-reactive ketones (excluding diaryl/α,β-unsaturated/α-hetero) is 1. The van der Waals surface area contributed by atoms with Crippen LogP contribution >= 0.6 is 0 Å². The second kappa shape index (κ2) is 5.57. The van der Waals surface area contributed by atoms with E-state index in [1.54, 1.807) is 0 Å². The average molecular weight is 255 g/mol. The molecule has 0 saturated heterocycles. The van der Waals surface area contributed by atoms with Gasteiger partial charge in [0.2, 0.25) is 0 Å². The first-order valence-corrected chi connectivity index (χ1v) is 5.92. The Morgan fingerprint density at radius 2 is 1.78 bits per heavy atom. The van der Waals surface area contributed by atoms with Crippen LogP contribution in [-0.2, 0) is 11.2 Å². The molecule has 100 valence electrons. The zero-order valence-corrected chi connectivity index (χ0v) is 11.0. The first-order valence-electron chi connectivity index (χ1n) is 5.92. The molecule has 2 N–H and O–H groups in total. The number of halogens is 2. The van der Waals surface area contributed by atoms with Crippen LogP contribution in [0.5, 0.6) is 0 Å². The molecule has 0 spiro atoms. The summed E-state index contributed by atoms with van der Waals surface area (Å²) >= 11 is 0. The second-order valence-electron chi connectivity index (χ2n) is 5.59. The summed E-state index contributed by atoms with van der Waals surface area (Å²) in [5.41, 5.74) is 5.49. The summed E-state index contributed by atoms with van der Waals surface area (Å²) < 4.78 is 26.7. The van der Waals surface area contributed by atoms with Crippen LogP contribution in [0.25, 0.3) is 0 Å². The van der Waals surface area contributed by atoms with Crippen molar-refractivity contribution >= 4 is 5.78 Å². The molecular formula is C14H19F2NO. The molecule has 4 heteroatoms. The minimum Gasteiger partial charge on any atom is -0.327 e. The lowest BCUT2D eigenvalue weighted by Gasteiger charge is -2.26. The number of hydrogen-bond donors (Lipinski definition) is 1. The van der Waals surface area contributed by atoms with Gasteiger partial charge in [0.25, 0.3) is 0 Å². The van der Waals surface area contributed by atoms with Crippen molar-refractivity contribution < 1.29 is 13.6 Å². The fourth-order valence-corrected chi connectivity index (χ4v) is 1.52. The number of nitrogens with two attached hydrogens (primary N) is 1. The minimum absolute atomic E-state index is 0.122. The van der Waals surface area contributed by atoms with Gasteiger partial charge in [-0.1, -0.05) is 26.8 Å². The van der Waals surface area contributed by atoms with Gasteiger partial charge < -0.3 is 5.73 Å². The summed E-state index contributed by atoms with van der Waals surface area (Å²) in [5.74, 6) is -1.62. The molecule has 0 saturated carbocycles. The van der Waals surface area contributed by atoms with Gasteiger partial charge in [0.1, 0.15) is 17.4 Å². The van der Waals surface area contributed by atoms with Crippen molar-refractivity contribution in [2.75, 3.05) is 0 Å². The van der Waals surface area contributed by atoms with Gasteiger partial charge >= 0.3 is 0 Å². The van der Waals surface area contributed by atoms with Crippen LogP contribution in [0.4, 0.5) is 8.78 Å². The van der Waals surface area contributed by atoms with E-state index in [1.165, 1.54) is 6.07 Å². The highest BCUT2D eigenvalue weighted by Crippen LogP contribution is 2.21. The zero-order valence-electron chi connectivity index (χ0n) is 11.0. The van der Waals surface area contributed by atoms with Gasteiger partial charge in [-0.05, 0) is 17.5 Å². The van der Waals surface area contributed by atoms with E-state index in [-0.39, 0.29) is 35.6 Å². The summed E-state index contributed by atoms with van der Waals surface area (Å²) in [5, 5.41) is 0. The average Bonchev–Trinajstić information content (AvgIpc) is 2.22. The summed E-state index contributed by atoms with van der Waals surface area (Å²) in [6.45, 7) is 5.78. The molecule has 1 aromatic carbocycles. The number of hydrogen-bond acceptors (Lipinski definition) is 2. The lowest BCUT2D eigenvalue weighted by molar-refractivity contribution is -0.119. The van der Waals surface area contributed by atoms with Gasteiger partial charge in [-0.2, -0.15) is 0 Å². The third-order valence-electron chi connectivity index (χ3n) is 3.00. The predicted octanol–water partition coefficient (Wildman–Crippen LogP) is 2.84. The van der Waals surface area contributed by atoms with E-state index >= 15 is 0 Å². The summed E-state index contributed by atoms with van der Waals surface area (Å²) in [6.07, 6.45) is -0.125. The molecule has 0 aliphatic rings. The lowest BCUT2D eigenvalue weighted by Crippen LogP contribution is -2.37. The van der Waals surface area contributed by atoms with Crippen LogP contribution in [0.15, 0.2) is 18.2 Å². The quantitative estimate of drug-likeness (QED) is 0.899. The van der Waals surface area contributed by atoms with Crippen molar-refractivity contribution in [2.45, 2.75) is 39.7 Å². The summed E-state index contributed by atoms with van der Waals surface area (Å²) in [6, 6.07) is 3.25. The largest absolute Gasteiger partial charge is 0.327 e. The molecule has 1 atom stereocenters. The van der Waals surface area contributed by atoms with Crippen LogP contribution in [-0.4, -0.2) is 11.8 Å². The number of carbonyl (C=O) groups excluding carboxylic acids is 1. The van der Waals surface area contributed by atoms with Crippen LogP contribution < -0.4 is 5.73 Å². The molecule has 1 rings (SSSR count). The maximum absolute atomic E-state index is 13.4. The molecule has 0 fully saturated rings. The maximum atomic E-state index is 13.4. The Balaban J connectivity index is 2.72. The number of rotatable bonds is 4. The molecule has 1 unspecified atom stereocenters. The normalized spacial score (nSPS) is 13.4. The number of carbonyl (C=O) groups is 1. The van der Waals surface area contributed by atoms with E-state index in [0.717, 1.165) is 12.1 Å². The van der Waals surface area contributed by atoms with Gasteiger partial charge in [-0.25, -0.2) is 8.78 Å². The van der Waals surface area contributed by atoms with E-state index < -0.39 is 11.6 Å². The lowest BCUT2D eigenvalue weighted by atomic mass is 9.84. The zero-order chi connectivity index (χ0) is 13.9. The highest BCUT2D eigenvalue weighted by Gasteiger charge is 2.24. The Bertz CT molecular complexity index is 418. The van der Waals surface area contributed by atoms with Gasteiger partial charge in [0.05, 0.1) is 0 Å². The van der Waals surface area contributed by atoms with Crippen LogP contribution in [0.2, 0.25) is 0 Å². The van der Waals surface area contributed by atoms with Gasteiger partial charge in [0, 0.05) is 24.4 Å². The van der Waals surface area contributed by atoms with Crippen LogP contribution in [0.1, 0.15) is 32.8 Å². The smallest absolute Gasteiger partial charge is 0.139 e. The molecule has 0 heterocycles. The van der Waals surface area contributed by atoms with E-state index in [0.29, 0.717) is 0 Å². The van der Waals surface area contributed by atoms with E-state index in [2.05, 4.69) is 0 Å². The third kappa shape index (κ3) is 3.88. The van der Waals surface area contributed by atoms with Gasteiger partial charge in [-0.15, -0.1) is 0 Å². The topological polar surface area (TPSA) is 43.1 Å². The Labute approximate surface area is 106 Å². The predicted molar refractivity (Wildman–Crippen MR) is 67.1 cm³/mol. The fraction of sp³-hybridized carbons (Fsp3) is 0.500. The minimum atomic E-state index is -0.687.